The van der Waals surface area contributed by atoms with Crippen LogP contribution < -0.4 is 10.6 Å². The van der Waals surface area contributed by atoms with Crippen molar-refractivity contribution in [2.75, 3.05) is 39.5 Å². The fourth-order valence-corrected chi connectivity index (χ4v) is 1.62. The molecule has 1 radical (unpaired) electrons. The first-order chi connectivity index (χ1) is 5.97. The molecule has 2 saturated heterocycles. The summed E-state index contributed by atoms with van der Waals surface area (Å²) in [5.74, 6) is 0. The zero-order chi connectivity index (χ0) is 8.23. The average Bonchev–Trinajstić information content (AvgIpc) is 2.21. The Morgan fingerprint density at radius 2 is 2.08 bits per heavy atom. The summed E-state index contributed by atoms with van der Waals surface area (Å²) >= 11 is 0. The van der Waals surface area contributed by atoms with Gasteiger partial charge in [-0.15, -0.1) is 0 Å². The number of nitrogens with one attached hydrogen (secondary N) is 1. The summed E-state index contributed by atoms with van der Waals surface area (Å²) in [5.41, 5.74) is 0. The molecule has 2 unspecified atom stereocenters. The molecule has 4 heteroatoms. The molecule has 0 spiro atoms. The predicted molar refractivity (Wildman–Crippen MR) is 44.2 cm³/mol. The minimum Gasteiger partial charge on any atom is -0.378 e. The van der Waals surface area contributed by atoms with E-state index in [2.05, 4.69) is 10.6 Å². The van der Waals surface area contributed by atoms with E-state index in [1.54, 1.807) is 0 Å². The molecule has 0 aromatic heterocycles. The molecule has 2 aliphatic heterocycles. The zero-order valence-corrected chi connectivity index (χ0v) is 7.16. The molecule has 0 aromatic carbocycles. The van der Waals surface area contributed by atoms with Crippen molar-refractivity contribution in [2.45, 2.75) is 12.1 Å². The van der Waals surface area contributed by atoms with Gasteiger partial charge in [-0.3, -0.25) is 0 Å². The van der Waals surface area contributed by atoms with E-state index >= 15 is 0 Å². The molecule has 2 fully saturated rings. The second-order valence-corrected chi connectivity index (χ2v) is 3.18. The van der Waals surface area contributed by atoms with Gasteiger partial charge in [0.2, 0.25) is 0 Å². The van der Waals surface area contributed by atoms with Gasteiger partial charge in [-0.1, -0.05) is 0 Å². The van der Waals surface area contributed by atoms with Crippen molar-refractivity contribution < 1.29 is 9.47 Å². The maximum Gasteiger partial charge on any atom is 0.0656 e. The third kappa shape index (κ3) is 1.95. The lowest BCUT2D eigenvalue weighted by Crippen LogP contribution is -2.55. The molecule has 2 atom stereocenters. The Morgan fingerprint density at radius 3 is 2.75 bits per heavy atom. The third-order valence-electron chi connectivity index (χ3n) is 2.30. The van der Waals surface area contributed by atoms with Crippen LogP contribution in [0, 0.1) is 0 Å². The smallest absolute Gasteiger partial charge is 0.0656 e. The van der Waals surface area contributed by atoms with Crippen LogP contribution in [0.15, 0.2) is 0 Å². The van der Waals surface area contributed by atoms with Crippen LogP contribution in [0.2, 0.25) is 0 Å². The Morgan fingerprint density at radius 1 is 1.17 bits per heavy atom. The summed E-state index contributed by atoms with van der Waals surface area (Å²) < 4.78 is 10.7. The van der Waals surface area contributed by atoms with Gasteiger partial charge in [-0.25, -0.2) is 5.32 Å². The molecular weight excluding hydrogens is 156 g/mol. The summed E-state index contributed by atoms with van der Waals surface area (Å²) in [7, 11) is 0. The molecule has 2 rings (SSSR count). The van der Waals surface area contributed by atoms with Gasteiger partial charge in [-0.2, -0.15) is 0 Å². The quantitative estimate of drug-likeness (QED) is 0.549. The summed E-state index contributed by atoms with van der Waals surface area (Å²) in [4.78, 5) is 0. The van der Waals surface area contributed by atoms with Crippen LogP contribution in [0.4, 0.5) is 0 Å². The Labute approximate surface area is 72.6 Å². The van der Waals surface area contributed by atoms with Crippen molar-refractivity contribution in [3.63, 3.8) is 0 Å². The molecule has 1 N–H and O–H groups in total. The van der Waals surface area contributed by atoms with Crippen LogP contribution in [0.25, 0.3) is 0 Å². The van der Waals surface area contributed by atoms with Gasteiger partial charge < -0.3 is 14.8 Å². The SMILES string of the molecule is C1COCC(C2COCCN2)[N]1. The predicted octanol–water partition coefficient (Wildman–Crippen LogP) is -1.02. The van der Waals surface area contributed by atoms with Gasteiger partial charge in [0.1, 0.15) is 0 Å². The van der Waals surface area contributed by atoms with Gasteiger partial charge in [0, 0.05) is 19.1 Å². The Balaban J connectivity index is 1.80. The van der Waals surface area contributed by atoms with Crippen LogP contribution in [0.1, 0.15) is 0 Å². The molecule has 0 saturated carbocycles. The van der Waals surface area contributed by atoms with Crippen molar-refractivity contribution in [3.8, 4) is 0 Å². The number of ether oxygens (including phenoxy) is 2. The van der Waals surface area contributed by atoms with E-state index in [0.717, 1.165) is 39.5 Å². The van der Waals surface area contributed by atoms with E-state index in [9.17, 15) is 0 Å². The molecule has 0 aliphatic carbocycles. The van der Waals surface area contributed by atoms with Crippen molar-refractivity contribution in [1.82, 2.24) is 10.6 Å². The van der Waals surface area contributed by atoms with Crippen LogP contribution in [-0.4, -0.2) is 51.6 Å². The average molecular weight is 171 g/mol. The Kier molecular flexibility index (Phi) is 2.94. The molecule has 12 heavy (non-hydrogen) atoms. The molecule has 69 valence electrons. The second-order valence-electron chi connectivity index (χ2n) is 3.18. The summed E-state index contributed by atoms with van der Waals surface area (Å²) in [5, 5.41) is 7.88. The Hall–Kier alpha value is -0.160. The molecule has 0 aromatic rings. The number of rotatable bonds is 1. The maximum atomic E-state index is 5.36. The summed E-state index contributed by atoms with van der Waals surface area (Å²) in [6, 6.07) is 0.679. The van der Waals surface area contributed by atoms with Crippen LogP contribution in [0.3, 0.4) is 0 Å². The number of morpholine rings is 2. The lowest BCUT2D eigenvalue weighted by molar-refractivity contribution is 0.0160. The fraction of sp³-hybridized carbons (Fsp3) is 1.00. The number of hydrogen-bond acceptors (Lipinski definition) is 3. The molecule has 2 aliphatic rings. The fourth-order valence-electron chi connectivity index (χ4n) is 1.62. The minimum atomic E-state index is 0.305. The molecular formula is C8H15N2O2. The number of nitrogens with zero attached hydrogens (tertiary/aromatic N) is 1. The first kappa shape index (κ1) is 8.44. The number of hydrogen-bond donors (Lipinski definition) is 1. The minimum absolute atomic E-state index is 0.305. The highest BCUT2D eigenvalue weighted by atomic mass is 16.5. The first-order valence-corrected chi connectivity index (χ1v) is 4.52. The maximum absolute atomic E-state index is 5.36. The highest BCUT2D eigenvalue weighted by Gasteiger charge is 2.26. The van der Waals surface area contributed by atoms with Gasteiger partial charge >= 0.3 is 0 Å². The van der Waals surface area contributed by atoms with Crippen molar-refractivity contribution in [3.05, 3.63) is 0 Å². The normalized spacial score (nSPS) is 38.0. The van der Waals surface area contributed by atoms with Crippen molar-refractivity contribution in [2.24, 2.45) is 0 Å². The molecule has 4 nitrogen and oxygen atoms in total. The van der Waals surface area contributed by atoms with E-state index in [-0.39, 0.29) is 0 Å². The lowest BCUT2D eigenvalue weighted by atomic mass is 10.1. The molecule has 0 bridgehead atoms. The van der Waals surface area contributed by atoms with Crippen molar-refractivity contribution >= 4 is 0 Å². The van der Waals surface area contributed by atoms with Gasteiger partial charge in [0.05, 0.1) is 32.5 Å². The molecule has 2 heterocycles. The third-order valence-corrected chi connectivity index (χ3v) is 2.30. The largest absolute Gasteiger partial charge is 0.378 e. The van der Waals surface area contributed by atoms with E-state index in [1.807, 2.05) is 0 Å². The zero-order valence-electron chi connectivity index (χ0n) is 7.16. The molecule has 0 amide bonds. The van der Waals surface area contributed by atoms with Gasteiger partial charge in [0.25, 0.3) is 0 Å². The summed E-state index contributed by atoms with van der Waals surface area (Å²) in [6.07, 6.45) is 0. The standard InChI is InChI=1S/C8H15N2O2/c1-3-11-5-7(9-1)8-6-12-4-2-10-8/h7-9H,1-6H2. The van der Waals surface area contributed by atoms with E-state index < -0.39 is 0 Å². The van der Waals surface area contributed by atoms with Crippen molar-refractivity contribution in [1.29, 1.82) is 0 Å². The van der Waals surface area contributed by atoms with Crippen LogP contribution >= 0.6 is 0 Å². The van der Waals surface area contributed by atoms with E-state index in [1.165, 1.54) is 0 Å². The first-order valence-electron chi connectivity index (χ1n) is 4.52. The van der Waals surface area contributed by atoms with Gasteiger partial charge in [-0.05, 0) is 0 Å². The topological polar surface area (TPSA) is 44.6 Å². The van der Waals surface area contributed by atoms with Crippen LogP contribution in [0.5, 0.6) is 0 Å². The highest BCUT2D eigenvalue weighted by Crippen LogP contribution is 2.04. The monoisotopic (exact) mass is 171 g/mol. The van der Waals surface area contributed by atoms with E-state index in [0.29, 0.717) is 12.1 Å². The second kappa shape index (κ2) is 4.18. The highest BCUT2D eigenvalue weighted by molar-refractivity contribution is 4.85. The van der Waals surface area contributed by atoms with Crippen LogP contribution in [-0.2, 0) is 9.47 Å². The Bertz CT molecular complexity index is 115. The van der Waals surface area contributed by atoms with Gasteiger partial charge in [0.15, 0.2) is 0 Å². The summed E-state index contributed by atoms with van der Waals surface area (Å²) in [6.45, 7) is 4.91. The van der Waals surface area contributed by atoms with E-state index in [4.69, 9.17) is 9.47 Å². The lowest BCUT2D eigenvalue weighted by Gasteiger charge is -2.33.